The molecular weight excluding hydrogens is 128 g/mol. The maximum atomic E-state index is 9.38. The van der Waals surface area contributed by atoms with Crippen molar-refractivity contribution in [2.45, 2.75) is 6.92 Å². The molecule has 1 rings (SSSR count). The summed E-state index contributed by atoms with van der Waals surface area (Å²) in [6.07, 6.45) is 0. The van der Waals surface area contributed by atoms with Gasteiger partial charge in [0, 0.05) is 0 Å². The van der Waals surface area contributed by atoms with Gasteiger partial charge in [-0.1, -0.05) is 12.1 Å². The zero-order chi connectivity index (χ0) is 10.9. The van der Waals surface area contributed by atoms with Crippen LogP contribution in [0.3, 0.4) is 0 Å². The van der Waals surface area contributed by atoms with E-state index in [1.165, 1.54) is 0 Å². The topological polar surface area (TPSA) is 29.5 Å². The van der Waals surface area contributed by atoms with Gasteiger partial charge in [-0.3, -0.25) is 0 Å². The SMILES string of the molecule is [2H]c1c([2H])c([2H])c(OCC)c(O)c1[2H]. The van der Waals surface area contributed by atoms with Crippen LogP contribution in [0.15, 0.2) is 24.2 Å². The zero-order valence-electron chi connectivity index (χ0n) is 9.56. The molecule has 0 aliphatic rings. The molecule has 0 radical (unpaired) electrons. The molecule has 2 heteroatoms. The van der Waals surface area contributed by atoms with Crippen LogP contribution in [0, 0.1) is 0 Å². The van der Waals surface area contributed by atoms with Crippen molar-refractivity contribution in [3.05, 3.63) is 24.2 Å². The number of phenolic OH excluding ortho intramolecular Hbond substituents is 1. The molecule has 2 nitrogen and oxygen atoms in total. The monoisotopic (exact) mass is 142 g/mol. The lowest BCUT2D eigenvalue weighted by atomic mass is 10.3. The normalized spacial score (nSPS) is 14.9. The Morgan fingerprint density at radius 3 is 3.00 bits per heavy atom. The minimum atomic E-state index is -0.544. The summed E-state index contributed by atoms with van der Waals surface area (Å²) in [6.45, 7) is 1.90. The number of hydrogen-bond donors (Lipinski definition) is 1. The van der Waals surface area contributed by atoms with E-state index >= 15 is 0 Å². The maximum Gasteiger partial charge on any atom is 0.160 e. The highest BCUT2D eigenvalue weighted by Gasteiger charge is 1.96. The summed E-state index contributed by atoms with van der Waals surface area (Å²) in [5, 5.41) is 9.38. The third kappa shape index (κ3) is 1.41. The van der Waals surface area contributed by atoms with Gasteiger partial charge in [-0.25, -0.2) is 0 Å². The van der Waals surface area contributed by atoms with Gasteiger partial charge in [0.1, 0.15) is 0 Å². The highest BCUT2D eigenvalue weighted by atomic mass is 16.5. The van der Waals surface area contributed by atoms with Gasteiger partial charge in [0.05, 0.1) is 12.1 Å². The molecule has 1 aromatic rings. The van der Waals surface area contributed by atoms with E-state index in [-0.39, 0.29) is 18.4 Å². The second kappa shape index (κ2) is 3.11. The average molecular weight is 142 g/mol. The average Bonchev–Trinajstić information content (AvgIpc) is 2.19. The van der Waals surface area contributed by atoms with Gasteiger partial charge in [0.15, 0.2) is 11.5 Å². The van der Waals surface area contributed by atoms with Gasteiger partial charge >= 0.3 is 0 Å². The van der Waals surface area contributed by atoms with E-state index in [1.54, 1.807) is 6.92 Å². The van der Waals surface area contributed by atoms with Gasteiger partial charge in [-0.05, 0) is 19.0 Å². The van der Waals surface area contributed by atoms with Crippen LogP contribution in [0.5, 0.6) is 11.5 Å². The largest absolute Gasteiger partial charge is 0.504 e. The fourth-order valence-corrected chi connectivity index (χ4v) is 0.543. The lowest BCUT2D eigenvalue weighted by molar-refractivity contribution is 0.318. The first-order valence-electron chi connectivity index (χ1n) is 4.92. The van der Waals surface area contributed by atoms with Crippen LogP contribution in [0.4, 0.5) is 0 Å². The van der Waals surface area contributed by atoms with Crippen LogP contribution in [-0.4, -0.2) is 11.7 Å². The minimum absolute atomic E-state index is 0.196. The lowest BCUT2D eigenvalue weighted by Gasteiger charge is -2.02. The fourth-order valence-electron chi connectivity index (χ4n) is 0.543. The smallest absolute Gasteiger partial charge is 0.160 e. The molecule has 0 atom stereocenters. The van der Waals surface area contributed by atoms with Crippen LogP contribution in [0.1, 0.15) is 12.4 Å². The highest BCUT2D eigenvalue weighted by molar-refractivity contribution is 5.37. The minimum Gasteiger partial charge on any atom is -0.504 e. The molecule has 0 bridgehead atoms. The van der Waals surface area contributed by atoms with Gasteiger partial charge in [0.25, 0.3) is 0 Å². The molecule has 0 aliphatic carbocycles. The molecule has 1 aromatic carbocycles. The van der Waals surface area contributed by atoms with Crippen LogP contribution in [0.25, 0.3) is 0 Å². The molecule has 0 heterocycles. The Kier molecular flexibility index (Phi) is 1.02. The van der Waals surface area contributed by atoms with Crippen molar-refractivity contribution in [2.24, 2.45) is 0 Å². The van der Waals surface area contributed by atoms with Gasteiger partial charge in [-0.2, -0.15) is 0 Å². The van der Waals surface area contributed by atoms with Crippen molar-refractivity contribution in [3.63, 3.8) is 0 Å². The van der Waals surface area contributed by atoms with Crippen molar-refractivity contribution in [3.8, 4) is 11.5 Å². The molecule has 0 saturated heterocycles. The van der Waals surface area contributed by atoms with E-state index in [2.05, 4.69) is 0 Å². The van der Waals surface area contributed by atoms with Crippen molar-refractivity contribution in [2.75, 3.05) is 6.61 Å². The van der Waals surface area contributed by atoms with E-state index in [9.17, 15) is 5.11 Å². The number of rotatable bonds is 2. The number of phenols is 1. The fraction of sp³-hybridized carbons (Fsp3) is 0.250. The molecule has 54 valence electrons. The quantitative estimate of drug-likeness (QED) is 0.682. The standard InChI is InChI=1S/C8H10O2/c1-2-10-8-6-4-3-5-7(8)9/h3-6,9H,2H2,1H3/i3D,4D,5D,6D. The summed E-state index contributed by atoms with van der Waals surface area (Å²) in [4.78, 5) is 0. The van der Waals surface area contributed by atoms with Crippen LogP contribution in [0.2, 0.25) is 0 Å². The zero-order valence-corrected chi connectivity index (χ0v) is 5.56. The van der Waals surface area contributed by atoms with Crippen molar-refractivity contribution >= 4 is 0 Å². The number of benzene rings is 1. The molecule has 0 aromatic heterocycles. The van der Waals surface area contributed by atoms with E-state index in [0.29, 0.717) is 0 Å². The van der Waals surface area contributed by atoms with Crippen molar-refractivity contribution < 1.29 is 15.3 Å². The molecular formula is C8H10O2. The second-order valence-electron chi connectivity index (χ2n) is 1.61. The summed E-state index contributed by atoms with van der Waals surface area (Å²) >= 11 is 0. The summed E-state index contributed by atoms with van der Waals surface area (Å²) in [7, 11) is 0. The van der Waals surface area contributed by atoms with E-state index in [1.807, 2.05) is 0 Å². The number of ether oxygens (including phenoxy) is 1. The summed E-state index contributed by atoms with van der Waals surface area (Å²) in [5.74, 6) is -0.739. The summed E-state index contributed by atoms with van der Waals surface area (Å²) < 4.78 is 34.2. The van der Waals surface area contributed by atoms with Crippen LogP contribution in [-0.2, 0) is 0 Å². The molecule has 0 fully saturated rings. The Labute approximate surface area is 65.7 Å². The summed E-state index contributed by atoms with van der Waals surface area (Å²) in [6, 6.07) is -1.70. The molecule has 10 heavy (non-hydrogen) atoms. The Morgan fingerprint density at radius 1 is 1.60 bits per heavy atom. The van der Waals surface area contributed by atoms with Gasteiger partial charge < -0.3 is 9.84 Å². The first kappa shape index (κ1) is 3.28. The molecule has 0 saturated carbocycles. The highest BCUT2D eigenvalue weighted by Crippen LogP contribution is 2.23. The Morgan fingerprint density at radius 2 is 2.30 bits per heavy atom. The van der Waals surface area contributed by atoms with E-state index in [4.69, 9.17) is 10.2 Å². The maximum absolute atomic E-state index is 9.38. The first-order valence-corrected chi connectivity index (χ1v) is 2.92. The van der Waals surface area contributed by atoms with Crippen molar-refractivity contribution in [1.82, 2.24) is 0 Å². The Bertz CT molecular complexity index is 336. The third-order valence-corrected chi connectivity index (χ3v) is 0.923. The molecule has 0 aliphatic heterocycles. The molecule has 0 unspecified atom stereocenters. The second-order valence-corrected chi connectivity index (χ2v) is 1.61. The predicted octanol–water partition coefficient (Wildman–Crippen LogP) is 1.79. The van der Waals surface area contributed by atoms with Gasteiger partial charge in [0.2, 0.25) is 0 Å². The number of aromatic hydroxyl groups is 1. The number of para-hydroxylation sites is 2. The van der Waals surface area contributed by atoms with Crippen LogP contribution < -0.4 is 4.74 Å². The Hall–Kier alpha value is -1.18. The third-order valence-electron chi connectivity index (χ3n) is 0.923. The molecule has 0 spiro atoms. The Balaban J connectivity index is 3.43. The first-order chi connectivity index (χ1) is 6.50. The van der Waals surface area contributed by atoms with Crippen LogP contribution >= 0.6 is 0 Å². The molecule has 0 amide bonds. The predicted molar refractivity (Wildman–Crippen MR) is 39.3 cm³/mol. The lowest BCUT2D eigenvalue weighted by Crippen LogP contribution is -1.90. The van der Waals surface area contributed by atoms with E-state index < -0.39 is 23.9 Å². The van der Waals surface area contributed by atoms with Gasteiger partial charge in [-0.15, -0.1) is 0 Å². The van der Waals surface area contributed by atoms with E-state index in [0.717, 1.165) is 0 Å². The molecule has 1 N–H and O–H groups in total. The number of hydrogen-bond acceptors (Lipinski definition) is 2. The summed E-state index contributed by atoms with van der Waals surface area (Å²) in [5.41, 5.74) is 0. The van der Waals surface area contributed by atoms with Crippen molar-refractivity contribution in [1.29, 1.82) is 0 Å².